The van der Waals surface area contributed by atoms with E-state index in [0.29, 0.717) is 12.2 Å². The standard InChI is InChI=1S/C13H14N2O2/c14-8-10-17-12-6-2-1-5-11(12)15-9-4-3-7-13(15)16/h1-2,5-6H,3-4,7,9-10H2. The number of ether oxygens (including phenoxy) is 1. The monoisotopic (exact) mass is 230 g/mol. The van der Waals surface area contributed by atoms with Gasteiger partial charge in [0.05, 0.1) is 5.69 Å². The number of nitrogens with zero attached hydrogens (tertiary/aromatic N) is 2. The fraction of sp³-hybridized carbons (Fsp3) is 0.385. The van der Waals surface area contributed by atoms with Crippen LogP contribution in [0.2, 0.25) is 0 Å². The maximum atomic E-state index is 11.8. The second-order valence-electron chi connectivity index (χ2n) is 3.92. The minimum atomic E-state index is -0.000949. The minimum absolute atomic E-state index is 0.000949. The quantitative estimate of drug-likeness (QED) is 0.799. The highest BCUT2D eigenvalue weighted by molar-refractivity contribution is 5.95. The lowest BCUT2D eigenvalue weighted by atomic mass is 10.1. The van der Waals surface area contributed by atoms with Crippen molar-refractivity contribution < 1.29 is 9.53 Å². The van der Waals surface area contributed by atoms with Crippen molar-refractivity contribution >= 4 is 11.6 Å². The predicted molar refractivity (Wildman–Crippen MR) is 63.8 cm³/mol. The molecule has 0 radical (unpaired) electrons. The first kappa shape index (κ1) is 11.5. The zero-order chi connectivity index (χ0) is 12.1. The Bertz CT molecular complexity index is 451. The van der Waals surface area contributed by atoms with E-state index in [2.05, 4.69) is 0 Å². The van der Waals surface area contributed by atoms with Crippen LogP contribution in [-0.4, -0.2) is 19.1 Å². The third-order valence-corrected chi connectivity index (χ3v) is 2.77. The van der Waals surface area contributed by atoms with Gasteiger partial charge in [0.1, 0.15) is 11.8 Å². The number of para-hydroxylation sites is 2. The zero-order valence-electron chi connectivity index (χ0n) is 9.56. The molecular weight excluding hydrogens is 216 g/mol. The summed E-state index contributed by atoms with van der Waals surface area (Å²) in [6.07, 6.45) is 2.56. The number of hydrogen-bond donors (Lipinski definition) is 0. The summed E-state index contributed by atoms with van der Waals surface area (Å²) in [6.45, 7) is 0.727. The van der Waals surface area contributed by atoms with E-state index in [1.54, 1.807) is 11.0 Å². The maximum absolute atomic E-state index is 11.8. The molecule has 0 bridgehead atoms. The fourth-order valence-corrected chi connectivity index (χ4v) is 1.97. The summed E-state index contributed by atoms with van der Waals surface area (Å²) in [5.74, 6) is 0.730. The molecule has 0 saturated carbocycles. The molecule has 1 aliphatic heterocycles. The molecule has 2 rings (SSSR count). The summed E-state index contributed by atoms with van der Waals surface area (Å²) in [4.78, 5) is 13.6. The van der Waals surface area contributed by atoms with E-state index in [1.165, 1.54) is 0 Å². The lowest BCUT2D eigenvalue weighted by Crippen LogP contribution is -2.35. The third kappa shape index (κ3) is 2.56. The van der Waals surface area contributed by atoms with Crippen molar-refractivity contribution in [2.24, 2.45) is 0 Å². The SMILES string of the molecule is N#CCOc1ccccc1N1CCCCC1=O. The highest BCUT2D eigenvalue weighted by atomic mass is 16.5. The molecule has 0 N–H and O–H groups in total. The van der Waals surface area contributed by atoms with Gasteiger partial charge in [-0.2, -0.15) is 5.26 Å². The summed E-state index contributed by atoms with van der Waals surface area (Å²) in [5, 5.41) is 8.53. The smallest absolute Gasteiger partial charge is 0.227 e. The first-order valence-corrected chi connectivity index (χ1v) is 5.72. The van der Waals surface area contributed by atoms with Gasteiger partial charge in [0.2, 0.25) is 5.91 Å². The van der Waals surface area contributed by atoms with E-state index in [4.69, 9.17) is 10.00 Å². The summed E-state index contributed by atoms with van der Waals surface area (Å²) in [6, 6.07) is 9.28. The van der Waals surface area contributed by atoms with Gasteiger partial charge < -0.3 is 9.64 Å². The largest absolute Gasteiger partial charge is 0.477 e. The van der Waals surface area contributed by atoms with Crippen LogP contribution >= 0.6 is 0 Å². The molecule has 1 saturated heterocycles. The number of benzene rings is 1. The van der Waals surface area contributed by atoms with Crippen molar-refractivity contribution in [3.63, 3.8) is 0 Å². The number of anilines is 1. The fourth-order valence-electron chi connectivity index (χ4n) is 1.97. The molecule has 17 heavy (non-hydrogen) atoms. The Kier molecular flexibility index (Phi) is 3.61. The van der Waals surface area contributed by atoms with Gasteiger partial charge in [-0.05, 0) is 25.0 Å². The third-order valence-electron chi connectivity index (χ3n) is 2.77. The Morgan fingerprint density at radius 1 is 1.35 bits per heavy atom. The van der Waals surface area contributed by atoms with Gasteiger partial charge in [0.15, 0.2) is 6.61 Å². The van der Waals surface area contributed by atoms with Crippen LogP contribution in [0.25, 0.3) is 0 Å². The molecule has 1 aliphatic rings. The van der Waals surface area contributed by atoms with Gasteiger partial charge in [0.25, 0.3) is 0 Å². The molecule has 1 aromatic rings. The second kappa shape index (κ2) is 5.35. The summed E-state index contributed by atoms with van der Waals surface area (Å²) < 4.78 is 5.33. The minimum Gasteiger partial charge on any atom is -0.477 e. The van der Waals surface area contributed by atoms with Crippen molar-refractivity contribution in [2.75, 3.05) is 18.1 Å². The number of nitriles is 1. The molecule has 0 atom stereocenters. The Hall–Kier alpha value is -2.02. The topological polar surface area (TPSA) is 53.3 Å². The predicted octanol–water partition coefficient (Wildman–Crippen LogP) is 2.11. The van der Waals surface area contributed by atoms with Crippen LogP contribution in [0.5, 0.6) is 5.75 Å². The van der Waals surface area contributed by atoms with E-state index >= 15 is 0 Å². The van der Waals surface area contributed by atoms with Crippen molar-refractivity contribution in [1.82, 2.24) is 0 Å². The van der Waals surface area contributed by atoms with Crippen LogP contribution < -0.4 is 9.64 Å². The van der Waals surface area contributed by atoms with Gasteiger partial charge in [-0.3, -0.25) is 4.79 Å². The highest BCUT2D eigenvalue weighted by Crippen LogP contribution is 2.30. The number of amides is 1. The van der Waals surface area contributed by atoms with Gasteiger partial charge >= 0.3 is 0 Å². The lowest BCUT2D eigenvalue weighted by Gasteiger charge is -2.28. The lowest BCUT2D eigenvalue weighted by molar-refractivity contribution is -0.119. The maximum Gasteiger partial charge on any atom is 0.227 e. The van der Waals surface area contributed by atoms with Crippen molar-refractivity contribution in [3.05, 3.63) is 24.3 Å². The zero-order valence-corrected chi connectivity index (χ0v) is 9.56. The van der Waals surface area contributed by atoms with Crippen molar-refractivity contribution in [3.8, 4) is 11.8 Å². The van der Waals surface area contributed by atoms with Crippen LogP contribution in [0, 0.1) is 11.3 Å². The van der Waals surface area contributed by atoms with E-state index in [-0.39, 0.29) is 12.5 Å². The van der Waals surface area contributed by atoms with Crippen LogP contribution in [0.15, 0.2) is 24.3 Å². The molecular formula is C13H14N2O2. The first-order valence-electron chi connectivity index (χ1n) is 5.72. The van der Waals surface area contributed by atoms with Crippen LogP contribution in [-0.2, 0) is 4.79 Å². The van der Waals surface area contributed by atoms with Crippen molar-refractivity contribution in [1.29, 1.82) is 5.26 Å². The number of rotatable bonds is 3. The molecule has 0 spiro atoms. The molecule has 88 valence electrons. The molecule has 0 unspecified atom stereocenters. The average Bonchev–Trinajstić information content (AvgIpc) is 2.37. The number of piperidine rings is 1. The van der Waals surface area contributed by atoms with Gasteiger partial charge in [0, 0.05) is 13.0 Å². The van der Waals surface area contributed by atoms with Crippen LogP contribution in [0.4, 0.5) is 5.69 Å². The molecule has 4 nitrogen and oxygen atoms in total. The molecule has 4 heteroatoms. The molecule has 1 amide bonds. The molecule has 0 aliphatic carbocycles. The number of carbonyl (C=O) groups excluding carboxylic acids is 1. The Morgan fingerprint density at radius 2 is 2.18 bits per heavy atom. The second-order valence-corrected chi connectivity index (χ2v) is 3.92. The molecule has 0 aromatic heterocycles. The van der Waals surface area contributed by atoms with Crippen LogP contribution in [0.1, 0.15) is 19.3 Å². The number of carbonyl (C=O) groups is 1. The molecule has 1 heterocycles. The van der Waals surface area contributed by atoms with Gasteiger partial charge in [-0.25, -0.2) is 0 Å². The van der Waals surface area contributed by atoms with Crippen molar-refractivity contribution in [2.45, 2.75) is 19.3 Å². The van der Waals surface area contributed by atoms with Crippen LogP contribution in [0.3, 0.4) is 0 Å². The average molecular weight is 230 g/mol. The van der Waals surface area contributed by atoms with E-state index in [0.717, 1.165) is 25.1 Å². The normalized spacial score (nSPS) is 15.5. The Balaban J connectivity index is 2.24. The van der Waals surface area contributed by atoms with E-state index < -0.39 is 0 Å². The van der Waals surface area contributed by atoms with Gasteiger partial charge in [-0.15, -0.1) is 0 Å². The summed E-state index contributed by atoms with van der Waals surface area (Å²) in [5.41, 5.74) is 0.771. The summed E-state index contributed by atoms with van der Waals surface area (Å²) >= 11 is 0. The highest BCUT2D eigenvalue weighted by Gasteiger charge is 2.22. The first-order chi connectivity index (χ1) is 8.33. The number of hydrogen-bond acceptors (Lipinski definition) is 3. The summed E-state index contributed by atoms with van der Waals surface area (Å²) in [7, 11) is 0. The molecule has 1 aromatic carbocycles. The molecule has 1 fully saturated rings. The van der Waals surface area contributed by atoms with Gasteiger partial charge in [-0.1, -0.05) is 12.1 Å². The van der Waals surface area contributed by atoms with E-state index in [1.807, 2.05) is 24.3 Å². The van der Waals surface area contributed by atoms with E-state index in [9.17, 15) is 4.79 Å². The Morgan fingerprint density at radius 3 is 2.94 bits per heavy atom. The Labute approximate surface area is 100 Å².